The maximum atomic E-state index is 8.95. The molecule has 0 aliphatic carbocycles. The zero-order chi connectivity index (χ0) is 12.1. The molecule has 0 radical (unpaired) electrons. The van der Waals surface area contributed by atoms with Gasteiger partial charge in [0.05, 0.1) is 0 Å². The maximum Gasteiger partial charge on any atom is 0.0431 e. The highest BCUT2D eigenvalue weighted by Gasteiger charge is 2.15. The van der Waals surface area contributed by atoms with E-state index in [9.17, 15) is 0 Å². The molecule has 0 aromatic heterocycles. The smallest absolute Gasteiger partial charge is 0.0431 e. The first-order chi connectivity index (χ1) is 7.56. The standard InChI is InChI=1S/C14H23NO/c1-11-7-8-12(2)13(10-11)14(15(3)4)6-5-9-16/h7-8,10,14,16H,5-6,9H2,1-4H3. The summed E-state index contributed by atoms with van der Waals surface area (Å²) in [7, 11) is 4.20. The minimum absolute atomic E-state index is 0.273. The molecular weight excluding hydrogens is 198 g/mol. The Morgan fingerprint density at radius 3 is 2.50 bits per heavy atom. The van der Waals surface area contributed by atoms with Crippen LogP contribution in [0.15, 0.2) is 18.2 Å². The highest BCUT2D eigenvalue weighted by atomic mass is 16.2. The molecule has 0 fully saturated rings. The van der Waals surface area contributed by atoms with Crippen LogP contribution < -0.4 is 0 Å². The predicted molar refractivity (Wildman–Crippen MR) is 68.7 cm³/mol. The number of rotatable bonds is 5. The monoisotopic (exact) mass is 221 g/mol. The molecule has 0 aliphatic heterocycles. The van der Waals surface area contributed by atoms with E-state index in [1.165, 1.54) is 16.7 Å². The van der Waals surface area contributed by atoms with Crippen molar-refractivity contribution in [1.82, 2.24) is 4.90 Å². The lowest BCUT2D eigenvalue weighted by Crippen LogP contribution is -2.21. The quantitative estimate of drug-likeness (QED) is 0.826. The average Bonchev–Trinajstić information content (AvgIpc) is 2.23. The Kier molecular flexibility index (Phi) is 4.97. The van der Waals surface area contributed by atoms with E-state index in [2.05, 4.69) is 51.0 Å². The molecule has 2 nitrogen and oxygen atoms in total. The minimum Gasteiger partial charge on any atom is -0.396 e. The van der Waals surface area contributed by atoms with E-state index in [-0.39, 0.29) is 6.61 Å². The Hall–Kier alpha value is -0.860. The second-order valence-electron chi connectivity index (χ2n) is 4.71. The Labute approximate surface area is 98.9 Å². The molecule has 1 rings (SSSR count). The number of nitrogens with zero attached hydrogens (tertiary/aromatic N) is 1. The topological polar surface area (TPSA) is 23.5 Å². The van der Waals surface area contributed by atoms with Gasteiger partial charge in [0.15, 0.2) is 0 Å². The van der Waals surface area contributed by atoms with E-state index in [0.717, 1.165) is 12.8 Å². The molecule has 0 bridgehead atoms. The summed E-state index contributed by atoms with van der Waals surface area (Å²) in [5.41, 5.74) is 4.03. The van der Waals surface area contributed by atoms with Gasteiger partial charge in [-0.15, -0.1) is 0 Å². The van der Waals surface area contributed by atoms with Crippen molar-refractivity contribution in [2.75, 3.05) is 20.7 Å². The molecule has 90 valence electrons. The van der Waals surface area contributed by atoms with Crippen LogP contribution in [0.5, 0.6) is 0 Å². The summed E-state index contributed by atoms with van der Waals surface area (Å²) < 4.78 is 0. The summed E-state index contributed by atoms with van der Waals surface area (Å²) in [5, 5.41) is 8.95. The van der Waals surface area contributed by atoms with Crippen LogP contribution in [0.1, 0.15) is 35.6 Å². The zero-order valence-electron chi connectivity index (χ0n) is 10.8. The molecule has 1 atom stereocenters. The van der Waals surface area contributed by atoms with Crippen LogP contribution in [0, 0.1) is 13.8 Å². The van der Waals surface area contributed by atoms with Gasteiger partial charge in [0, 0.05) is 12.6 Å². The summed E-state index contributed by atoms with van der Waals surface area (Å²) >= 11 is 0. The number of aliphatic hydroxyl groups is 1. The molecule has 1 unspecified atom stereocenters. The SMILES string of the molecule is Cc1ccc(C)c(C(CCCO)N(C)C)c1. The fourth-order valence-electron chi connectivity index (χ4n) is 2.10. The molecule has 2 heteroatoms. The van der Waals surface area contributed by atoms with Gasteiger partial charge in [0.25, 0.3) is 0 Å². The molecule has 0 aliphatic rings. The van der Waals surface area contributed by atoms with Gasteiger partial charge in [-0.05, 0) is 51.9 Å². The zero-order valence-corrected chi connectivity index (χ0v) is 10.8. The summed E-state index contributed by atoms with van der Waals surface area (Å²) in [5.74, 6) is 0. The molecule has 0 saturated heterocycles. The predicted octanol–water partition coefficient (Wildman–Crippen LogP) is 2.68. The van der Waals surface area contributed by atoms with Crippen molar-refractivity contribution in [3.8, 4) is 0 Å². The Balaban J connectivity index is 2.95. The molecule has 16 heavy (non-hydrogen) atoms. The Bertz CT molecular complexity index is 334. The van der Waals surface area contributed by atoms with E-state index < -0.39 is 0 Å². The van der Waals surface area contributed by atoms with Gasteiger partial charge >= 0.3 is 0 Å². The van der Waals surface area contributed by atoms with Gasteiger partial charge in [-0.1, -0.05) is 23.8 Å². The number of aliphatic hydroxyl groups excluding tert-OH is 1. The Morgan fingerprint density at radius 2 is 1.94 bits per heavy atom. The summed E-state index contributed by atoms with van der Waals surface area (Å²) in [4.78, 5) is 2.23. The highest BCUT2D eigenvalue weighted by molar-refractivity contribution is 5.33. The van der Waals surface area contributed by atoms with Crippen LogP contribution in [0.3, 0.4) is 0 Å². The van der Waals surface area contributed by atoms with E-state index >= 15 is 0 Å². The van der Waals surface area contributed by atoms with Crippen molar-refractivity contribution in [2.24, 2.45) is 0 Å². The van der Waals surface area contributed by atoms with E-state index in [1.807, 2.05) is 0 Å². The van der Waals surface area contributed by atoms with Crippen molar-refractivity contribution in [3.05, 3.63) is 34.9 Å². The third-order valence-corrected chi connectivity index (χ3v) is 3.05. The van der Waals surface area contributed by atoms with E-state index in [1.54, 1.807) is 0 Å². The number of benzene rings is 1. The van der Waals surface area contributed by atoms with Crippen molar-refractivity contribution < 1.29 is 5.11 Å². The second-order valence-corrected chi connectivity index (χ2v) is 4.71. The van der Waals surface area contributed by atoms with Gasteiger partial charge in [-0.3, -0.25) is 0 Å². The number of aryl methyl sites for hydroxylation is 2. The normalized spacial score (nSPS) is 13.1. The molecule has 1 aromatic rings. The van der Waals surface area contributed by atoms with Crippen LogP contribution in [-0.4, -0.2) is 30.7 Å². The lowest BCUT2D eigenvalue weighted by atomic mass is 9.95. The first-order valence-corrected chi connectivity index (χ1v) is 5.90. The first-order valence-electron chi connectivity index (χ1n) is 5.90. The van der Waals surface area contributed by atoms with Crippen molar-refractivity contribution in [3.63, 3.8) is 0 Å². The Morgan fingerprint density at radius 1 is 1.25 bits per heavy atom. The molecule has 0 amide bonds. The maximum absolute atomic E-state index is 8.95. The van der Waals surface area contributed by atoms with E-state index in [0.29, 0.717) is 6.04 Å². The van der Waals surface area contributed by atoms with Crippen LogP contribution in [0.2, 0.25) is 0 Å². The van der Waals surface area contributed by atoms with Gasteiger partial charge in [0.2, 0.25) is 0 Å². The molecule has 0 saturated carbocycles. The second kappa shape index (κ2) is 6.02. The van der Waals surface area contributed by atoms with Gasteiger partial charge in [-0.25, -0.2) is 0 Å². The summed E-state index contributed by atoms with van der Waals surface area (Å²) in [6.45, 7) is 4.56. The average molecular weight is 221 g/mol. The van der Waals surface area contributed by atoms with Gasteiger partial charge < -0.3 is 10.0 Å². The van der Waals surface area contributed by atoms with Crippen molar-refractivity contribution in [2.45, 2.75) is 32.7 Å². The summed E-state index contributed by atoms with van der Waals surface area (Å²) in [6, 6.07) is 7.00. The molecule has 0 spiro atoms. The molecular formula is C14H23NO. The first kappa shape index (κ1) is 13.2. The molecule has 1 N–H and O–H groups in total. The number of hydrogen-bond acceptors (Lipinski definition) is 2. The third kappa shape index (κ3) is 3.32. The molecule has 0 heterocycles. The highest BCUT2D eigenvalue weighted by Crippen LogP contribution is 2.27. The molecule has 1 aromatic carbocycles. The van der Waals surface area contributed by atoms with Gasteiger partial charge in [-0.2, -0.15) is 0 Å². The van der Waals surface area contributed by atoms with Gasteiger partial charge in [0.1, 0.15) is 0 Å². The van der Waals surface area contributed by atoms with E-state index in [4.69, 9.17) is 5.11 Å². The largest absolute Gasteiger partial charge is 0.396 e. The minimum atomic E-state index is 0.273. The third-order valence-electron chi connectivity index (χ3n) is 3.05. The van der Waals surface area contributed by atoms with Crippen LogP contribution >= 0.6 is 0 Å². The van der Waals surface area contributed by atoms with Crippen LogP contribution in [0.4, 0.5) is 0 Å². The fraction of sp³-hybridized carbons (Fsp3) is 0.571. The lowest BCUT2D eigenvalue weighted by molar-refractivity contribution is 0.235. The number of hydrogen-bond donors (Lipinski definition) is 1. The fourth-order valence-corrected chi connectivity index (χ4v) is 2.10. The van der Waals surface area contributed by atoms with Crippen molar-refractivity contribution in [1.29, 1.82) is 0 Å². The van der Waals surface area contributed by atoms with Crippen LogP contribution in [0.25, 0.3) is 0 Å². The van der Waals surface area contributed by atoms with Crippen LogP contribution in [-0.2, 0) is 0 Å². The summed E-state index contributed by atoms with van der Waals surface area (Å²) in [6.07, 6.45) is 1.87. The lowest BCUT2D eigenvalue weighted by Gasteiger charge is -2.26. The van der Waals surface area contributed by atoms with Crippen molar-refractivity contribution >= 4 is 0 Å².